The van der Waals surface area contributed by atoms with Crippen molar-refractivity contribution in [3.63, 3.8) is 0 Å². The molecular weight excluding hydrogens is 279 g/mol. The maximum atomic E-state index is 13.5. The number of rotatable bonds is 3. The lowest BCUT2D eigenvalue weighted by Crippen LogP contribution is -2.34. The van der Waals surface area contributed by atoms with E-state index in [1.807, 2.05) is 6.92 Å². The second-order valence-corrected chi connectivity index (χ2v) is 4.57. The highest BCUT2D eigenvalue weighted by atomic mass is 35.5. The van der Waals surface area contributed by atoms with E-state index >= 15 is 0 Å². The Kier molecular flexibility index (Phi) is 4.58. The number of benzene rings is 2. The molecule has 0 saturated heterocycles. The van der Waals surface area contributed by atoms with Gasteiger partial charge in [-0.3, -0.25) is 4.90 Å². The number of anilines is 2. The van der Waals surface area contributed by atoms with Crippen LogP contribution in [0, 0.1) is 5.82 Å². The number of carbonyl (C=O) groups is 1. The first-order valence-corrected chi connectivity index (χ1v) is 6.58. The fourth-order valence-corrected chi connectivity index (χ4v) is 1.94. The zero-order valence-corrected chi connectivity index (χ0v) is 11.7. The van der Waals surface area contributed by atoms with E-state index in [1.165, 1.54) is 17.0 Å². The van der Waals surface area contributed by atoms with E-state index in [-0.39, 0.29) is 11.7 Å². The number of carbonyl (C=O) groups excluding carboxylic acids is 1. The van der Waals surface area contributed by atoms with Crippen LogP contribution in [0.25, 0.3) is 0 Å². The SMILES string of the molecule is CCN(C(=O)Nc1ccccc1F)c1ccc(Cl)cc1. The van der Waals surface area contributed by atoms with Gasteiger partial charge in [0.1, 0.15) is 5.82 Å². The summed E-state index contributed by atoms with van der Waals surface area (Å²) in [5, 5.41) is 3.15. The normalized spacial score (nSPS) is 10.2. The lowest BCUT2D eigenvalue weighted by atomic mass is 10.3. The molecule has 0 heterocycles. The quantitative estimate of drug-likeness (QED) is 0.885. The monoisotopic (exact) mass is 292 g/mol. The van der Waals surface area contributed by atoms with Crippen LogP contribution in [0.3, 0.4) is 0 Å². The summed E-state index contributed by atoms with van der Waals surface area (Å²) >= 11 is 5.82. The number of para-hydroxylation sites is 1. The summed E-state index contributed by atoms with van der Waals surface area (Å²) in [6.45, 7) is 2.30. The van der Waals surface area contributed by atoms with Crippen LogP contribution < -0.4 is 10.2 Å². The van der Waals surface area contributed by atoms with Crippen LogP contribution in [-0.2, 0) is 0 Å². The lowest BCUT2D eigenvalue weighted by molar-refractivity contribution is 0.257. The van der Waals surface area contributed by atoms with Gasteiger partial charge in [0, 0.05) is 17.3 Å². The number of hydrogen-bond donors (Lipinski definition) is 1. The highest BCUT2D eigenvalue weighted by molar-refractivity contribution is 6.30. The van der Waals surface area contributed by atoms with Crippen molar-refractivity contribution in [3.8, 4) is 0 Å². The molecule has 0 aliphatic rings. The van der Waals surface area contributed by atoms with Crippen molar-refractivity contribution < 1.29 is 9.18 Å². The Morgan fingerprint density at radius 3 is 2.45 bits per heavy atom. The zero-order valence-electron chi connectivity index (χ0n) is 10.9. The molecule has 0 fully saturated rings. The van der Waals surface area contributed by atoms with Crippen molar-refractivity contribution in [2.24, 2.45) is 0 Å². The smallest absolute Gasteiger partial charge is 0.305 e. The standard InChI is InChI=1S/C15H14ClFN2O/c1-2-19(12-9-7-11(16)8-10-12)15(20)18-14-6-4-3-5-13(14)17/h3-10H,2H2,1H3,(H,18,20). The van der Waals surface area contributed by atoms with Crippen LogP contribution in [0.5, 0.6) is 0 Å². The second kappa shape index (κ2) is 6.39. The summed E-state index contributed by atoms with van der Waals surface area (Å²) in [4.78, 5) is 13.7. The molecule has 2 rings (SSSR count). The zero-order chi connectivity index (χ0) is 14.5. The van der Waals surface area contributed by atoms with E-state index in [9.17, 15) is 9.18 Å². The molecule has 20 heavy (non-hydrogen) atoms. The van der Waals surface area contributed by atoms with Gasteiger partial charge in [-0.2, -0.15) is 0 Å². The summed E-state index contributed by atoms with van der Waals surface area (Å²) in [7, 11) is 0. The van der Waals surface area contributed by atoms with E-state index in [0.29, 0.717) is 17.3 Å². The predicted octanol–water partition coefficient (Wildman–Crippen LogP) is 4.54. The summed E-state index contributed by atoms with van der Waals surface area (Å²) in [5.74, 6) is -0.465. The third kappa shape index (κ3) is 3.27. The Bertz CT molecular complexity index is 601. The van der Waals surface area contributed by atoms with E-state index < -0.39 is 5.82 Å². The largest absolute Gasteiger partial charge is 0.326 e. The van der Waals surface area contributed by atoms with Crippen molar-refractivity contribution in [1.82, 2.24) is 0 Å². The first-order valence-electron chi connectivity index (χ1n) is 6.20. The highest BCUT2D eigenvalue weighted by Crippen LogP contribution is 2.20. The van der Waals surface area contributed by atoms with Crippen molar-refractivity contribution in [3.05, 3.63) is 59.4 Å². The van der Waals surface area contributed by atoms with Crippen LogP contribution in [0.2, 0.25) is 5.02 Å². The van der Waals surface area contributed by atoms with Crippen molar-refractivity contribution in [1.29, 1.82) is 0 Å². The molecule has 0 spiro atoms. The number of amides is 2. The third-order valence-electron chi connectivity index (χ3n) is 2.82. The number of halogens is 2. The van der Waals surface area contributed by atoms with Gasteiger partial charge in [0.15, 0.2) is 0 Å². The average molecular weight is 293 g/mol. The molecule has 3 nitrogen and oxygen atoms in total. The molecule has 0 radical (unpaired) electrons. The van der Waals surface area contributed by atoms with E-state index in [0.717, 1.165) is 0 Å². The molecule has 0 saturated carbocycles. The van der Waals surface area contributed by atoms with Crippen molar-refractivity contribution >= 4 is 29.0 Å². The topological polar surface area (TPSA) is 32.3 Å². The van der Waals surface area contributed by atoms with E-state index in [2.05, 4.69) is 5.32 Å². The Labute approximate surface area is 122 Å². The molecule has 104 valence electrons. The average Bonchev–Trinajstić information content (AvgIpc) is 2.44. The minimum absolute atomic E-state index is 0.157. The molecule has 2 aromatic rings. The maximum absolute atomic E-state index is 13.5. The molecule has 2 amide bonds. The van der Waals surface area contributed by atoms with Crippen LogP contribution in [0.4, 0.5) is 20.6 Å². The summed E-state index contributed by atoms with van der Waals surface area (Å²) in [5.41, 5.74) is 0.857. The molecule has 1 N–H and O–H groups in total. The Morgan fingerprint density at radius 1 is 1.20 bits per heavy atom. The van der Waals surface area contributed by atoms with E-state index in [1.54, 1.807) is 36.4 Å². The van der Waals surface area contributed by atoms with Crippen LogP contribution in [0.1, 0.15) is 6.92 Å². The number of urea groups is 1. The first kappa shape index (κ1) is 14.3. The Hall–Kier alpha value is -2.07. The van der Waals surface area contributed by atoms with Gasteiger partial charge in [0.05, 0.1) is 5.69 Å². The van der Waals surface area contributed by atoms with Gasteiger partial charge in [0.25, 0.3) is 0 Å². The molecular formula is C15H14ClFN2O. The molecule has 5 heteroatoms. The first-order chi connectivity index (χ1) is 9.61. The van der Waals surface area contributed by atoms with Gasteiger partial charge in [-0.1, -0.05) is 23.7 Å². The number of nitrogens with zero attached hydrogens (tertiary/aromatic N) is 1. The highest BCUT2D eigenvalue weighted by Gasteiger charge is 2.15. The minimum atomic E-state index is -0.465. The molecule has 0 aliphatic heterocycles. The Balaban J connectivity index is 2.18. The van der Waals surface area contributed by atoms with Gasteiger partial charge in [-0.25, -0.2) is 9.18 Å². The lowest BCUT2D eigenvalue weighted by Gasteiger charge is -2.21. The fourth-order valence-electron chi connectivity index (χ4n) is 1.81. The Morgan fingerprint density at radius 2 is 1.85 bits per heavy atom. The van der Waals surface area contributed by atoms with Gasteiger partial charge in [0.2, 0.25) is 0 Å². The molecule has 0 aromatic heterocycles. The van der Waals surface area contributed by atoms with Crippen molar-refractivity contribution in [2.45, 2.75) is 6.92 Å². The van der Waals surface area contributed by atoms with Gasteiger partial charge < -0.3 is 5.32 Å². The summed E-state index contributed by atoms with van der Waals surface area (Å²) in [6.07, 6.45) is 0. The van der Waals surface area contributed by atoms with Crippen LogP contribution in [-0.4, -0.2) is 12.6 Å². The van der Waals surface area contributed by atoms with Gasteiger partial charge >= 0.3 is 6.03 Å². The molecule has 2 aromatic carbocycles. The summed E-state index contributed by atoms with van der Waals surface area (Å²) in [6, 6.07) is 12.6. The number of hydrogen-bond acceptors (Lipinski definition) is 1. The molecule has 0 atom stereocenters. The molecule has 0 aliphatic carbocycles. The second-order valence-electron chi connectivity index (χ2n) is 4.13. The van der Waals surface area contributed by atoms with Gasteiger partial charge in [-0.05, 0) is 43.3 Å². The molecule has 0 bridgehead atoms. The minimum Gasteiger partial charge on any atom is -0.305 e. The van der Waals surface area contributed by atoms with Crippen molar-refractivity contribution in [2.75, 3.05) is 16.8 Å². The third-order valence-corrected chi connectivity index (χ3v) is 3.07. The fraction of sp³-hybridized carbons (Fsp3) is 0.133. The van der Waals surface area contributed by atoms with Gasteiger partial charge in [-0.15, -0.1) is 0 Å². The summed E-state index contributed by atoms with van der Waals surface area (Å²) < 4.78 is 13.5. The predicted molar refractivity (Wildman–Crippen MR) is 79.9 cm³/mol. The van der Waals surface area contributed by atoms with Crippen LogP contribution in [0.15, 0.2) is 48.5 Å². The van der Waals surface area contributed by atoms with E-state index in [4.69, 9.17) is 11.6 Å². The molecule has 0 unspecified atom stereocenters. The number of nitrogens with one attached hydrogen (secondary N) is 1. The van der Waals surface area contributed by atoms with Crippen LogP contribution >= 0.6 is 11.6 Å². The maximum Gasteiger partial charge on any atom is 0.326 e.